The average molecular weight is 320 g/mol. The highest BCUT2D eigenvalue weighted by molar-refractivity contribution is 7.89. The highest BCUT2D eigenvalue weighted by Gasteiger charge is 2.27. The van der Waals surface area contributed by atoms with Crippen molar-refractivity contribution < 1.29 is 8.42 Å². The molecule has 0 spiro atoms. The molecule has 18 heavy (non-hydrogen) atoms. The standard InChI is InChI=1S/C10H21N3O2S.2ClH/c14-16(15,9-10-1-2-10)12-5-8-13-6-3-11-4-7-13;;/h10-12H,1-9H2;2*1H. The lowest BCUT2D eigenvalue weighted by Gasteiger charge is -2.27. The molecule has 8 heteroatoms. The fourth-order valence-corrected chi connectivity index (χ4v) is 3.42. The van der Waals surface area contributed by atoms with Crippen molar-refractivity contribution in [2.45, 2.75) is 12.8 Å². The summed E-state index contributed by atoms with van der Waals surface area (Å²) in [6.45, 7) is 5.43. The number of piperazine rings is 1. The Kier molecular flexibility index (Phi) is 8.75. The zero-order chi connectivity index (χ0) is 11.4. The van der Waals surface area contributed by atoms with Crippen LogP contribution in [0.25, 0.3) is 0 Å². The van der Waals surface area contributed by atoms with Crippen molar-refractivity contribution in [3.05, 3.63) is 0 Å². The molecule has 2 rings (SSSR count). The van der Waals surface area contributed by atoms with Crippen molar-refractivity contribution in [3.8, 4) is 0 Å². The second kappa shape index (κ2) is 8.55. The molecule has 0 aromatic rings. The van der Waals surface area contributed by atoms with Gasteiger partial charge in [0.15, 0.2) is 0 Å². The molecule has 5 nitrogen and oxygen atoms in total. The van der Waals surface area contributed by atoms with E-state index in [1.807, 2.05) is 0 Å². The van der Waals surface area contributed by atoms with Crippen LogP contribution in [-0.4, -0.2) is 58.3 Å². The minimum absolute atomic E-state index is 0. The van der Waals surface area contributed by atoms with E-state index in [9.17, 15) is 8.42 Å². The number of rotatable bonds is 6. The highest BCUT2D eigenvalue weighted by atomic mass is 35.5. The fraction of sp³-hybridized carbons (Fsp3) is 1.00. The number of hydrogen-bond donors (Lipinski definition) is 2. The normalized spacial score (nSPS) is 20.9. The lowest BCUT2D eigenvalue weighted by atomic mass is 10.3. The van der Waals surface area contributed by atoms with Crippen molar-refractivity contribution in [1.29, 1.82) is 0 Å². The van der Waals surface area contributed by atoms with Crippen molar-refractivity contribution in [3.63, 3.8) is 0 Å². The molecule has 0 aromatic heterocycles. The second-order valence-electron chi connectivity index (χ2n) is 4.71. The van der Waals surface area contributed by atoms with E-state index in [2.05, 4.69) is 14.9 Å². The van der Waals surface area contributed by atoms with Crippen molar-refractivity contribution in [2.75, 3.05) is 45.0 Å². The summed E-state index contributed by atoms with van der Waals surface area (Å²) in [5.41, 5.74) is 0. The minimum atomic E-state index is -3.01. The number of sulfonamides is 1. The monoisotopic (exact) mass is 319 g/mol. The van der Waals surface area contributed by atoms with E-state index in [0.717, 1.165) is 45.6 Å². The summed E-state index contributed by atoms with van der Waals surface area (Å²) in [6, 6.07) is 0. The van der Waals surface area contributed by atoms with Crippen LogP contribution in [0.5, 0.6) is 0 Å². The first-order valence-corrected chi connectivity index (χ1v) is 7.71. The summed E-state index contributed by atoms with van der Waals surface area (Å²) in [5, 5.41) is 3.28. The molecule has 1 aliphatic carbocycles. The first kappa shape index (κ1) is 18.4. The summed E-state index contributed by atoms with van der Waals surface area (Å²) < 4.78 is 25.8. The van der Waals surface area contributed by atoms with E-state index in [4.69, 9.17) is 0 Å². The van der Waals surface area contributed by atoms with Crippen LogP contribution in [0.3, 0.4) is 0 Å². The van der Waals surface area contributed by atoms with Crippen LogP contribution in [0.2, 0.25) is 0 Å². The summed E-state index contributed by atoms with van der Waals surface area (Å²) in [6.07, 6.45) is 2.16. The number of halogens is 2. The van der Waals surface area contributed by atoms with Gasteiger partial charge >= 0.3 is 0 Å². The third-order valence-corrected chi connectivity index (χ3v) is 4.67. The van der Waals surface area contributed by atoms with Crippen LogP contribution in [-0.2, 0) is 10.0 Å². The topological polar surface area (TPSA) is 61.4 Å². The van der Waals surface area contributed by atoms with E-state index < -0.39 is 10.0 Å². The molecular weight excluding hydrogens is 297 g/mol. The molecule has 1 saturated heterocycles. The zero-order valence-electron chi connectivity index (χ0n) is 10.4. The lowest BCUT2D eigenvalue weighted by Crippen LogP contribution is -2.46. The van der Waals surface area contributed by atoms with Gasteiger partial charge in [-0.25, -0.2) is 13.1 Å². The molecule has 1 heterocycles. The van der Waals surface area contributed by atoms with Gasteiger partial charge < -0.3 is 5.32 Å². The number of nitrogens with one attached hydrogen (secondary N) is 2. The molecule has 2 aliphatic rings. The molecule has 0 bridgehead atoms. The van der Waals surface area contributed by atoms with E-state index in [1.54, 1.807) is 0 Å². The van der Waals surface area contributed by atoms with E-state index in [0.29, 0.717) is 18.2 Å². The second-order valence-corrected chi connectivity index (χ2v) is 6.56. The zero-order valence-corrected chi connectivity index (χ0v) is 12.9. The highest BCUT2D eigenvalue weighted by Crippen LogP contribution is 2.29. The van der Waals surface area contributed by atoms with Crippen LogP contribution in [0.4, 0.5) is 0 Å². The molecule has 2 fully saturated rings. The van der Waals surface area contributed by atoms with Gasteiger partial charge in [0.25, 0.3) is 0 Å². The van der Waals surface area contributed by atoms with Crippen molar-refractivity contribution in [1.82, 2.24) is 14.9 Å². The van der Waals surface area contributed by atoms with Gasteiger partial charge in [0, 0.05) is 39.3 Å². The summed E-state index contributed by atoms with van der Waals surface area (Å²) in [4.78, 5) is 2.29. The summed E-state index contributed by atoms with van der Waals surface area (Å²) in [5.74, 6) is 0.755. The molecule has 0 unspecified atom stereocenters. The number of hydrogen-bond acceptors (Lipinski definition) is 4. The Bertz CT molecular complexity index is 317. The Morgan fingerprint density at radius 3 is 2.33 bits per heavy atom. The lowest BCUT2D eigenvalue weighted by molar-refractivity contribution is 0.245. The molecule has 2 N–H and O–H groups in total. The van der Waals surface area contributed by atoms with Gasteiger partial charge in [0.05, 0.1) is 5.75 Å². The van der Waals surface area contributed by atoms with E-state index in [-0.39, 0.29) is 24.8 Å². The fourth-order valence-electron chi connectivity index (χ4n) is 1.95. The van der Waals surface area contributed by atoms with Gasteiger partial charge in [-0.15, -0.1) is 24.8 Å². The van der Waals surface area contributed by atoms with Gasteiger partial charge in [0.1, 0.15) is 0 Å². The molecule has 1 saturated carbocycles. The summed E-state index contributed by atoms with van der Waals surface area (Å²) in [7, 11) is -3.01. The van der Waals surface area contributed by atoms with Gasteiger partial charge in [-0.1, -0.05) is 0 Å². The van der Waals surface area contributed by atoms with Crippen LogP contribution >= 0.6 is 24.8 Å². The largest absolute Gasteiger partial charge is 0.314 e. The van der Waals surface area contributed by atoms with Gasteiger partial charge in [-0.3, -0.25) is 4.90 Å². The maximum atomic E-state index is 11.6. The van der Waals surface area contributed by atoms with E-state index in [1.165, 1.54) is 0 Å². The molecule has 110 valence electrons. The average Bonchev–Trinajstić information content (AvgIpc) is 3.02. The van der Waals surface area contributed by atoms with Crippen LogP contribution in [0.1, 0.15) is 12.8 Å². The van der Waals surface area contributed by atoms with Gasteiger partial charge in [0.2, 0.25) is 10.0 Å². The van der Waals surface area contributed by atoms with Crippen molar-refractivity contribution >= 4 is 34.8 Å². The maximum absolute atomic E-state index is 11.6. The Labute approximate surface area is 122 Å². The Morgan fingerprint density at radius 2 is 1.78 bits per heavy atom. The molecule has 0 aromatic carbocycles. The van der Waals surface area contributed by atoms with Crippen LogP contribution in [0, 0.1) is 5.92 Å². The molecule has 0 amide bonds. The maximum Gasteiger partial charge on any atom is 0.211 e. The van der Waals surface area contributed by atoms with Gasteiger partial charge in [-0.2, -0.15) is 0 Å². The SMILES string of the molecule is Cl.Cl.O=S(=O)(CC1CC1)NCCN1CCNCC1. The van der Waals surface area contributed by atoms with Crippen LogP contribution < -0.4 is 10.0 Å². The molecule has 1 aliphatic heterocycles. The van der Waals surface area contributed by atoms with Crippen LogP contribution in [0.15, 0.2) is 0 Å². The van der Waals surface area contributed by atoms with Gasteiger partial charge in [-0.05, 0) is 18.8 Å². The third kappa shape index (κ3) is 7.11. The minimum Gasteiger partial charge on any atom is -0.314 e. The smallest absolute Gasteiger partial charge is 0.211 e. The molecular formula is C10H23Cl2N3O2S. The number of nitrogens with zero attached hydrogens (tertiary/aromatic N) is 1. The predicted molar refractivity (Wildman–Crippen MR) is 78.3 cm³/mol. The Balaban J connectivity index is 0.00000144. The summed E-state index contributed by atoms with van der Waals surface area (Å²) >= 11 is 0. The molecule has 0 atom stereocenters. The first-order valence-electron chi connectivity index (χ1n) is 6.06. The van der Waals surface area contributed by atoms with Crippen molar-refractivity contribution in [2.24, 2.45) is 5.92 Å². The quantitative estimate of drug-likeness (QED) is 0.727. The van der Waals surface area contributed by atoms with E-state index >= 15 is 0 Å². The predicted octanol–water partition coefficient (Wildman–Crippen LogP) is 0.0646. The third-order valence-electron chi connectivity index (χ3n) is 3.11. The molecule has 0 radical (unpaired) electrons. The Morgan fingerprint density at radius 1 is 1.17 bits per heavy atom. The first-order chi connectivity index (χ1) is 7.66. The Hall–Kier alpha value is 0.410.